The molecule has 27 heavy (non-hydrogen) atoms. The third-order valence-electron chi connectivity index (χ3n) is 5.04. The van der Waals surface area contributed by atoms with E-state index in [1.165, 1.54) is 0 Å². The number of carbonyl (C=O) groups is 1. The molecule has 1 fully saturated rings. The first-order valence-corrected chi connectivity index (χ1v) is 9.11. The van der Waals surface area contributed by atoms with Crippen LogP contribution in [0.25, 0.3) is 5.69 Å². The summed E-state index contributed by atoms with van der Waals surface area (Å²) < 4.78 is 13.0. The normalized spacial score (nSPS) is 19.3. The van der Waals surface area contributed by atoms with E-state index in [4.69, 9.17) is 9.15 Å². The molecular weight excluding hydrogens is 346 g/mol. The monoisotopic (exact) mass is 365 g/mol. The van der Waals surface area contributed by atoms with Crippen LogP contribution in [-0.4, -0.2) is 50.5 Å². The third-order valence-corrected chi connectivity index (χ3v) is 5.04. The standard InChI is InChI=1S/C19H19N5O3/c25-19(16-11-24(22-21-16)14-4-2-1-3-5-14)23-8-6-17-15(10-23)20-18(27-17)13-7-9-26-12-13/h1-5,11,13H,6-10,12H2. The maximum Gasteiger partial charge on any atom is 0.276 e. The molecule has 8 nitrogen and oxygen atoms in total. The first-order chi connectivity index (χ1) is 13.3. The minimum absolute atomic E-state index is 0.142. The molecule has 4 heterocycles. The number of aromatic nitrogens is 4. The van der Waals surface area contributed by atoms with Crippen LogP contribution < -0.4 is 0 Å². The van der Waals surface area contributed by atoms with E-state index in [0.29, 0.717) is 31.8 Å². The van der Waals surface area contributed by atoms with Crippen molar-refractivity contribution in [3.8, 4) is 5.69 Å². The Labute approximate surface area is 155 Å². The average molecular weight is 365 g/mol. The van der Waals surface area contributed by atoms with Crippen LogP contribution in [0.1, 0.15) is 40.2 Å². The van der Waals surface area contributed by atoms with Crippen LogP contribution in [0.2, 0.25) is 0 Å². The lowest BCUT2D eigenvalue weighted by molar-refractivity contribution is 0.0721. The molecule has 0 radical (unpaired) electrons. The summed E-state index contributed by atoms with van der Waals surface area (Å²) >= 11 is 0. The number of fused-ring (bicyclic) bond motifs is 1. The highest BCUT2D eigenvalue weighted by molar-refractivity contribution is 5.92. The Morgan fingerprint density at radius 1 is 1.22 bits per heavy atom. The van der Waals surface area contributed by atoms with Crippen LogP contribution in [0, 0.1) is 0 Å². The summed E-state index contributed by atoms with van der Waals surface area (Å²) in [5.41, 5.74) is 2.03. The minimum atomic E-state index is -0.142. The van der Waals surface area contributed by atoms with Crippen LogP contribution in [0.15, 0.2) is 40.9 Å². The summed E-state index contributed by atoms with van der Waals surface area (Å²) in [6, 6.07) is 9.60. The number of hydrogen-bond donors (Lipinski definition) is 0. The molecule has 1 amide bonds. The van der Waals surface area contributed by atoms with Gasteiger partial charge in [0.25, 0.3) is 5.91 Å². The molecule has 138 valence electrons. The molecule has 0 aliphatic carbocycles. The van der Waals surface area contributed by atoms with Gasteiger partial charge in [0.15, 0.2) is 11.6 Å². The van der Waals surface area contributed by atoms with Gasteiger partial charge in [0.05, 0.1) is 31.0 Å². The van der Waals surface area contributed by atoms with Crippen molar-refractivity contribution in [3.63, 3.8) is 0 Å². The second kappa shape index (κ2) is 6.62. The molecule has 1 unspecified atom stereocenters. The zero-order chi connectivity index (χ0) is 18.2. The number of oxazole rings is 1. The molecule has 1 atom stereocenters. The van der Waals surface area contributed by atoms with Crippen molar-refractivity contribution in [2.45, 2.75) is 25.3 Å². The highest BCUT2D eigenvalue weighted by Crippen LogP contribution is 2.29. The van der Waals surface area contributed by atoms with Gasteiger partial charge in [-0.2, -0.15) is 0 Å². The lowest BCUT2D eigenvalue weighted by Gasteiger charge is -2.24. The molecule has 1 aromatic carbocycles. The average Bonchev–Trinajstić information content (AvgIpc) is 3.47. The third kappa shape index (κ3) is 3.02. The van der Waals surface area contributed by atoms with Crippen molar-refractivity contribution in [2.75, 3.05) is 19.8 Å². The van der Waals surface area contributed by atoms with Crippen LogP contribution in [0.3, 0.4) is 0 Å². The number of hydrogen-bond acceptors (Lipinski definition) is 6. The summed E-state index contributed by atoms with van der Waals surface area (Å²) in [4.78, 5) is 19.2. The van der Waals surface area contributed by atoms with Crippen LogP contribution in [0.4, 0.5) is 0 Å². The van der Waals surface area contributed by atoms with E-state index in [1.54, 1.807) is 15.8 Å². The van der Waals surface area contributed by atoms with Crippen molar-refractivity contribution in [1.82, 2.24) is 24.9 Å². The lowest BCUT2D eigenvalue weighted by Crippen LogP contribution is -2.36. The van der Waals surface area contributed by atoms with Gasteiger partial charge in [0.2, 0.25) is 0 Å². The number of benzene rings is 1. The van der Waals surface area contributed by atoms with E-state index < -0.39 is 0 Å². The number of ether oxygens (including phenoxy) is 1. The fourth-order valence-corrected chi connectivity index (χ4v) is 3.53. The summed E-state index contributed by atoms with van der Waals surface area (Å²) in [5.74, 6) is 1.71. The maximum atomic E-state index is 12.8. The molecule has 0 saturated carbocycles. The van der Waals surface area contributed by atoms with Gasteiger partial charge < -0.3 is 14.1 Å². The van der Waals surface area contributed by atoms with Crippen molar-refractivity contribution in [2.24, 2.45) is 0 Å². The van der Waals surface area contributed by atoms with E-state index in [2.05, 4.69) is 15.3 Å². The number of carbonyl (C=O) groups excluding carboxylic acids is 1. The molecule has 2 aromatic heterocycles. The number of amides is 1. The SMILES string of the molecule is O=C(c1cn(-c2ccccc2)nn1)N1CCc2oc(C3CCOC3)nc2C1. The first-order valence-electron chi connectivity index (χ1n) is 9.11. The molecule has 0 spiro atoms. The Bertz CT molecular complexity index is 959. The van der Waals surface area contributed by atoms with E-state index >= 15 is 0 Å². The van der Waals surface area contributed by atoms with E-state index in [0.717, 1.165) is 36.1 Å². The van der Waals surface area contributed by atoms with Crippen LogP contribution >= 0.6 is 0 Å². The fourth-order valence-electron chi connectivity index (χ4n) is 3.53. The Kier molecular flexibility index (Phi) is 3.97. The van der Waals surface area contributed by atoms with E-state index in [-0.39, 0.29) is 11.8 Å². The van der Waals surface area contributed by atoms with Crippen molar-refractivity contribution < 1.29 is 13.9 Å². The van der Waals surface area contributed by atoms with Gasteiger partial charge in [0, 0.05) is 19.6 Å². The largest absolute Gasteiger partial charge is 0.445 e. The Balaban J connectivity index is 1.33. The second-order valence-electron chi connectivity index (χ2n) is 6.84. The van der Waals surface area contributed by atoms with Crippen molar-refractivity contribution in [1.29, 1.82) is 0 Å². The Morgan fingerprint density at radius 2 is 2.11 bits per heavy atom. The van der Waals surface area contributed by atoms with Gasteiger partial charge in [-0.15, -0.1) is 5.10 Å². The number of rotatable bonds is 3. The van der Waals surface area contributed by atoms with Gasteiger partial charge in [0.1, 0.15) is 11.5 Å². The fraction of sp³-hybridized carbons (Fsp3) is 0.368. The van der Waals surface area contributed by atoms with Crippen LogP contribution in [-0.2, 0) is 17.7 Å². The van der Waals surface area contributed by atoms with Gasteiger partial charge in [-0.1, -0.05) is 23.4 Å². The molecule has 3 aromatic rings. The highest BCUT2D eigenvalue weighted by atomic mass is 16.5. The molecule has 0 N–H and O–H groups in total. The van der Waals surface area contributed by atoms with Gasteiger partial charge in [-0.05, 0) is 18.6 Å². The summed E-state index contributed by atoms with van der Waals surface area (Å²) in [5, 5.41) is 8.13. The molecule has 1 saturated heterocycles. The summed E-state index contributed by atoms with van der Waals surface area (Å²) in [7, 11) is 0. The zero-order valence-corrected chi connectivity index (χ0v) is 14.7. The summed E-state index contributed by atoms with van der Waals surface area (Å²) in [6.07, 6.45) is 3.26. The molecule has 0 bridgehead atoms. The van der Waals surface area contributed by atoms with Crippen molar-refractivity contribution in [3.05, 3.63) is 59.6 Å². The molecule has 2 aliphatic heterocycles. The Hall–Kier alpha value is -3.00. The zero-order valence-electron chi connectivity index (χ0n) is 14.7. The van der Waals surface area contributed by atoms with E-state index in [9.17, 15) is 4.79 Å². The minimum Gasteiger partial charge on any atom is -0.445 e. The molecule has 8 heteroatoms. The first kappa shape index (κ1) is 16.2. The lowest BCUT2D eigenvalue weighted by atomic mass is 10.1. The quantitative estimate of drug-likeness (QED) is 0.705. The Morgan fingerprint density at radius 3 is 2.93 bits per heavy atom. The second-order valence-corrected chi connectivity index (χ2v) is 6.84. The number of para-hydroxylation sites is 1. The number of nitrogens with zero attached hydrogens (tertiary/aromatic N) is 5. The van der Waals surface area contributed by atoms with Gasteiger partial charge in [-0.25, -0.2) is 9.67 Å². The summed E-state index contributed by atoms with van der Waals surface area (Å²) in [6.45, 7) is 2.42. The maximum absolute atomic E-state index is 12.8. The molecule has 5 rings (SSSR count). The molecular formula is C19H19N5O3. The predicted molar refractivity (Wildman–Crippen MR) is 94.5 cm³/mol. The predicted octanol–water partition coefficient (Wildman–Crippen LogP) is 1.96. The van der Waals surface area contributed by atoms with Gasteiger partial charge in [-0.3, -0.25) is 4.79 Å². The smallest absolute Gasteiger partial charge is 0.276 e. The highest BCUT2D eigenvalue weighted by Gasteiger charge is 2.30. The van der Waals surface area contributed by atoms with E-state index in [1.807, 2.05) is 30.3 Å². The van der Waals surface area contributed by atoms with Crippen LogP contribution in [0.5, 0.6) is 0 Å². The topological polar surface area (TPSA) is 86.3 Å². The van der Waals surface area contributed by atoms with Gasteiger partial charge >= 0.3 is 0 Å². The van der Waals surface area contributed by atoms with Crippen molar-refractivity contribution >= 4 is 5.91 Å². The molecule has 2 aliphatic rings.